The molecule has 6 heteroatoms. The maximum Gasteiger partial charge on any atom is 0.321 e. The van der Waals surface area contributed by atoms with Crippen molar-refractivity contribution in [2.45, 2.75) is 25.7 Å². The summed E-state index contributed by atoms with van der Waals surface area (Å²) in [5, 5.41) is 13.6. The van der Waals surface area contributed by atoms with Crippen LogP contribution in [0, 0.1) is 0 Å². The van der Waals surface area contributed by atoms with E-state index < -0.39 is 0 Å². The van der Waals surface area contributed by atoms with Crippen molar-refractivity contribution in [3.8, 4) is 0 Å². The Bertz CT molecular complexity index is 571. The summed E-state index contributed by atoms with van der Waals surface area (Å²) in [5.41, 5.74) is 2.17. The van der Waals surface area contributed by atoms with Crippen molar-refractivity contribution in [3.05, 3.63) is 18.2 Å². The van der Waals surface area contributed by atoms with Gasteiger partial charge in [-0.1, -0.05) is 18.9 Å². The lowest BCUT2D eigenvalue weighted by molar-refractivity contribution is 0.214. The molecule has 0 radical (unpaired) electrons. The highest BCUT2D eigenvalue weighted by Gasteiger charge is 2.16. The predicted molar refractivity (Wildman–Crippen MR) is 72.9 cm³/mol. The van der Waals surface area contributed by atoms with Gasteiger partial charge in [0.15, 0.2) is 0 Å². The lowest BCUT2D eigenvalue weighted by atomic mass is 10.2. The summed E-state index contributed by atoms with van der Waals surface area (Å²) in [6.45, 7) is 1.67. The third kappa shape index (κ3) is 2.52. The Labute approximate surface area is 111 Å². The van der Waals surface area contributed by atoms with E-state index in [1.54, 1.807) is 0 Å². The van der Waals surface area contributed by atoms with Gasteiger partial charge in [-0.3, -0.25) is 0 Å². The molecule has 2 aromatic rings. The second-order valence-electron chi connectivity index (χ2n) is 4.83. The summed E-state index contributed by atoms with van der Waals surface area (Å²) < 4.78 is 0. The minimum atomic E-state index is -0.0441. The molecule has 0 saturated carbocycles. The van der Waals surface area contributed by atoms with Crippen molar-refractivity contribution < 1.29 is 4.79 Å². The highest BCUT2D eigenvalue weighted by Crippen LogP contribution is 2.19. The van der Waals surface area contributed by atoms with Crippen molar-refractivity contribution in [3.63, 3.8) is 0 Å². The van der Waals surface area contributed by atoms with Gasteiger partial charge in [0, 0.05) is 13.1 Å². The van der Waals surface area contributed by atoms with E-state index in [1.165, 1.54) is 12.8 Å². The summed E-state index contributed by atoms with van der Waals surface area (Å²) in [6.07, 6.45) is 4.59. The number of hydrogen-bond donors (Lipinski definition) is 2. The third-order valence-corrected chi connectivity index (χ3v) is 3.48. The number of hydrogen-bond acceptors (Lipinski definition) is 3. The van der Waals surface area contributed by atoms with Crippen LogP contribution in [-0.4, -0.2) is 39.4 Å². The summed E-state index contributed by atoms with van der Waals surface area (Å²) in [6, 6.07) is 5.53. The zero-order valence-electron chi connectivity index (χ0n) is 10.7. The minimum absolute atomic E-state index is 0.0441. The van der Waals surface area contributed by atoms with Crippen molar-refractivity contribution in [2.75, 3.05) is 18.4 Å². The maximum atomic E-state index is 12.2. The first-order chi connectivity index (χ1) is 9.34. The highest BCUT2D eigenvalue weighted by molar-refractivity contribution is 5.98. The van der Waals surface area contributed by atoms with Crippen LogP contribution in [0.25, 0.3) is 11.0 Å². The predicted octanol–water partition coefficient (Wildman–Crippen LogP) is 2.37. The zero-order valence-corrected chi connectivity index (χ0v) is 10.7. The van der Waals surface area contributed by atoms with Gasteiger partial charge in [-0.25, -0.2) is 4.79 Å². The van der Waals surface area contributed by atoms with Crippen LogP contribution in [0.3, 0.4) is 0 Å². The molecule has 2 heterocycles. The van der Waals surface area contributed by atoms with Crippen molar-refractivity contribution >= 4 is 22.8 Å². The fourth-order valence-corrected chi connectivity index (χ4v) is 2.44. The molecule has 100 valence electrons. The van der Waals surface area contributed by atoms with E-state index in [-0.39, 0.29) is 6.03 Å². The molecule has 1 aromatic carbocycles. The largest absolute Gasteiger partial charge is 0.325 e. The number of aromatic amines is 1. The number of H-pyrrole nitrogens is 1. The van der Waals surface area contributed by atoms with Crippen LogP contribution < -0.4 is 5.32 Å². The monoisotopic (exact) mass is 259 g/mol. The molecule has 0 unspecified atom stereocenters. The zero-order chi connectivity index (χ0) is 13.1. The molecular weight excluding hydrogens is 242 g/mol. The normalized spacial score (nSPS) is 16.3. The molecular formula is C13H17N5O. The molecule has 1 aliphatic rings. The van der Waals surface area contributed by atoms with Gasteiger partial charge >= 0.3 is 6.03 Å². The second-order valence-corrected chi connectivity index (χ2v) is 4.83. The van der Waals surface area contributed by atoms with Crippen molar-refractivity contribution in [1.29, 1.82) is 0 Å². The number of nitrogens with zero attached hydrogens (tertiary/aromatic N) is 3. The summed E-state index contributed by atoms with van der Waals surface area (Å²) in [7, 11) is 0. The van der Waals surface area contributed by atoms with Gasteiger partial charge in [-0.2, -0.15) is 15.4 Å². The summed E-state index contributed by atoms with van der Waals surface area (Å²) in [5.74, 6) is 0. The fraction of sp³-hybridized carbons (Fsp3) is 0.462. The van der Waals surface area contributed by atoms with Gasteiger partial charge in [-0.15, -0.1) is 0 Å². The third-order valence-electron chi connectivity index (χ3n) is 3.48. The number of aromatic nitrogens is 3. The number of carbonyl (C=O) groups is 1. The van der Waals surface area contributed by atoms with Crippen LogP contribution in [0.5, 0.6) is 0 Å². The number of rotatable bonds is 1. The Balaban J connectivity index is 1.76. The molecule has 19 heavy (non-hydrogen) atoms. The smallest absolute Gasteiger partial charge is 0.321 e. The standard InChI is InChI=1S/C13H17N5O/c19-13(18-8-3-1-2-4-9-18)14-10-6-5-7-11-12(10)16-17-15-11/h5-7H,1-4,8-9H2,(H,14,19)(H,15,16,17). The lowest BCUT2D eigenvalue weighted by Gasteiger charge is -2.20. The highest BCUT2D eigenvalue weighted by atomic mass is 16.2. The van der Waals surface area contributed by atoms with Crippen LogP contribution in [0.15, 0.2) is 18.2 Å². The summed E-state index contributed by atoms with van der Waals surface area (Å²) in [4.78, 5) is 14.1. The molecule has 0 aliphatic carbocycles. The van der Waals surface area contributed by atoms with E-state index in [2.05, 4.69) is 20.7 Å². The van der Waals surface area contributed by atoms with Gasteiger partial charge in [0.05, 0.1) is 5.69 Å². The van der Waals surface area contributed by atoms with Gasteiger partial charge in [0.1, 0.15) is 11.0 Å². The number of nitrogens with one attached hydrogen (secondary N) is 2. The molecule has 1 aliphatic heterocycles. The second kappa shape index (κ2) is 5.26. The van der Waals surface area contributed by atoms with Gasteiger partial charge in [-0.05, 0) is 25.0 Å². The van der Waals surface area contributed by atoms with Crippen LogP contribution in [-0.2, 0) is 0 Å². The molecule has 1 saturated heterocycles. The number of fused-ring (bicyclic) bond motifs is 1. The van der Waals surface area contributed by atoms with Gasteiger partial charge in [0.2, 0.25) is 0 Å². The van der Waals surface area contributed by atoms with Crippen molar-refractivity contribution in [1.82, 2.24) is 20.3 Å². The first kappa shape index (κ1) is 12.0. The number of benzene rings is 1. The Morgan fingerprint density at radius 2 is 1.95 bits per heavy atom. The molecule has 2 amide bonds. The number of carbonyl (C=O) groups excluding carboxylic acids is 1. The minimum Gasteiger partial charge on any atom is -0.325 e. The van der Waals surface area contributed by atoms with Crippen LogP contribution >= 0.6 is 0 Å². The van der Waals surface area contributed by atoms with E-state index in [0.29, 0.717) is 11.2 Å². The van der Waals surface area contributed by atoms with E-state index in [9.17, 15) is 4.79 Å². The molecule has 6 nitrogen and oxygen atoms in total. The quantitative estimate of drug-likeness (QED) is 0.825. The maximum absolute atomic E-state index is 12.2. The van der Waals surface area contributed by atoms with Gasteiger partial charge < -0.3 is 10.2 Å². The Morgan fingerprint density at radius 1 is 1.16 bits per heavy atom. The number of para-hydroxylation sites is 1. The van der Waals surface area contributed by atoms with E-state index >= 15 is 0 Å². The molecule has 1 fully saturated rings. The number of amides is 2. The van der Waals surface area contributed by atoms with Crippen LogP contribution in [0.4, 0.5) is 10.5 Å². The Hall–Kier alpha value is -2.11. The number of anilines is 1. The molecule has 0 spiro atoms. The van der Waals surface area contributed by atoms with E-state index in [4.69, 9.17) is 0 Å². The number of likely N-dealkylation sites (tertiary alicyclic amines) is 1. The van der Waals surface area contributed by atoms with E-state index in [1.807, 2.05) is 23.1 Å². The van der Waals surface area contributed by atoms with E-state index in [0.717, 1.165) is 31.4 Å². The average Bonchev–Trinajstić information content (AvgIpc) is 2.73. The van der Waals surface area contributed by atoms with Crippen LogP contribution in [0.1, 0.15) is 25.7 Å². The molecule has 3 rings (SSSR count). The molecule has 2 N–H and O–H groups in total. The number of urea groups is 1. The van der Waals surface area contributed by atoms with Crippen LogP contribution in [0.2, 0.25) is 0 Å². The molecule has 0 bridgehead atoms. The first-order valence-electron chi connectivity index (χ1n) is 6.70. The topological polar surface area (TPSA) is 73.9 Å². The Kier molecular flexibility index (Phi) is 3.31. The Morgan fingerprint density at radius 3 is 2.74 bits per heavy atom. The fourth-order valence-electron chi connectivity index (χ4n) is 2.44. The molecule has 1 aromatic heterocycles. The first-order valence-corrected chi connectivity index (χ1v) is 6.70. The average molecular weight is 259 g/mol. The lowest BCUT2D eigenvalue weighted by Crippen LogP contribution is -2.35. The van der Waals surface area contributed by atoms with Gasteiger partial charge in [0.25, 0.3) is 0 Å². The molecule has 0 atom stereocenters. The van der Waals surface area contributed by atoms with Crippen molar-refractivity contribution in [2.24, 2.45) is 0 Å². The summed E-state index contributed by atoms with van der Waals surface area (Å²) >= 11 is 0. The SMILES string of the molecule is O=C(Nc1cccc2n[nH]nc12)N1CCCCCC1.